The molecule has 1 unspecified atom stereocenters. The van der Waals surface area contributed by atoms with Gasteiger partial charge in [0.1, 0.15) is 5.54 Å². The van der Waals surface area contributed by atoms with Gasteiger partial charge < -0.3 is 4.98 Å². The van der Waals surface area contributed by atoms with E-state index in [1.54, 1.807) is 12.1 Å². The lowest BCUT2D eigenvalue weighted by molar-refractivity contribution is -0.195. The first-order valence-corrected chi connectivity index (χ1v) is 6.35. The van der Waals surface area contributed by atoms with Gasteiger partial charge in [0, 0.05) is 22.7 Å². The molecule has 0 spiro atoms. The summed E-state index contributed by atoms with van der Waals surface area (Å²) in [6.07, 6.45) is -2.15. The molecule has 2 heterocycles. The molecule has 1 aromatic heterocycles. The van der Waals surface area contributed by atoms with Crippen LogP contribution in [0.2, 0.25) is 0 Å². The monoisotopic (exact) mass is 268 g/mol. The molecule has 102 valence electrons. The Morgan fingerprint density at radius 1 is 1.26 bits per heavy atom. The van der Waals surface area contributed by atoms with Gasteiger partial charge in [-0.1, -0.05) is 18.2 Å². The Kier molecular flexibility index (Phi) is 2.64. The summed E-state index contributed by atoms with van der Waals surface area (Å²) in [7, 11) is 0. The van der Waals surface area contributed by atoms with Crippen LogP contribution >= 0.6 is 0 Å². The first-order valence-electron chi connectivity index (χ1n) is 6.35. The van der Waals surface area contributed by atoms with Gasteiger partial charge in [-0.3, -0.25) is 5.32 Å². The summed E-state index contributed by atoms with van der Waals surface area (Å²) < 4.78 is 40.6. The highest BCUT2D eigenvalue weighted by Crippen LogP contribution is 2.47. The second-order valence-electron chi connectivity index (χ2n) is 5.13. The molecule has 2 N–H and O–H groups in total. The molecule has 2 nitrogen and oxygen atoms in total. The fourth-order valence-electron chi connectivity index (χ4n) is 3.03. The van der Waals surface area contributed by atoms with E-state index in [0.717, 1.165) is 11.1 Å². The molecule has 1 aromatic carbocycles. The van der Waals surface area contributed by atoms with Gasteiger partial charge in [0.05, 0.1) is 0 Å². The van der Waals surface area contributed by atoms with Gasteiger partial charge in [-0.2, -0.15) is 13.2 Å². The molecular formula is C14H15F3N2. The number of halogens is 3. The molecule has 0 amide bonds. The summed E-state index contributed by atoms with van der Waals surface area (Å²) in [5.74, 6) is 0. The minimum Gasteiger partial charge on any atom is -0.361 e. The first kappa shape index (κ1) is 12.5. The molecule has 1 aliphatic heterocycles. The second-order valence-corrected chi connectivity index (χ2v) is 5.13. The summed E-state index contributed by atoms with van der Waals surface area (Å²) >= 11 is 0. The quantitative estimate of drug-likeness (QED) is 0.812. The van der Waals surface area contributed by atoms with Crippen molar-refractivity contribution in [3.63, 3.8) is 0 Å². The fraction of sp³-hybridized carbons (Fsp3) is 0.429. The predicted octanol–water partition coefficient (Wildman–Crippen LogP) is 3.62. The molecule has 19 heavy (non-hydrogen) atoms. The molecule has 0 radical (unpaired) electrons. The second kappa shape index (κ2) is 4.00. The normalized spacial score (nSPS) is 24.2. The minimum absolute atomic E-state index is 0.0946. The van der Waals surface area contributed by atoms with Crippen LogP contribution < -0.4 is 5.32 Å². The van der Waals surface area contributed by atoms with Gasteiger partial charge >= 0.3 is 6.18 Å². The number of rotatable bonds is 1. The number of aromatic amines is 1. The zero-order valence-corrected chi connectivity index (χ0v) is 10.6. The summed E-state index contributed by atoms with van der Waals surface area (Å²) in [6, 6.07) is 5.45. The van der Waals surface area contributed by atoms with Crippen molar-refractivity contribution in [1.82, 2.24) is 10.3 Å². The molecule has 0 aliphatic carbocycles. The maximum absolute atomic E-state index is 13.5. The van der Waals surface area contributed by atoms with E-state index in [-0.39, 0.29) is 6.42 Å². The highest BCUT2D eigenvalue weighted by atomic mass is 19.4. The van der Waals surface area contributed by atoms with Crippen LogP contribution in [0.1, 0.15) is 24.0 Å². The van der Waals surface area contributed by atoms with Crippen molar-refractivity contribution in [2.45, 2.75) is 31.5 Å². The molecule has 1 fully saturated rings. The average molecular weight is 268 g/mol. The number of nitrogens with one attached hydrogen (secondary N) is 2. The number of hydrogen-bond acceptors (Lipinski definition) is 1. The van der Waals surface area contributed by atoms with Crippen molar-refractivity contribution in [1.29, 1.82) is 0 Å². The number of alkyl halides is 3. The smallest absolute Gasteiger partial charge is 0.361 e. The maximum Gasteiger partial charge on any atom is 0.410 e. The van der Waals surface area contributed by atoms with Crippen LogP contribution in [0.5, 0.6) is 0 Å². The summed E-state index contributed by atoms with van der Waals surface area (Å²) in [4.78, 5) is 2.99. The molecule has 0 saturated carbocycles. The number of benzene rings is 1. The van der Waals surface area contributed by atoms with Crippen molar-refractivity contribution < 1.29 is 13.2 Å². The number of fused-ring (bicyclic) bond motifs is 1. The third-order valence-electron chi connectivity index (χ3n) is 4.02. The Hall–Kier alpha value is -1.49. The van der Waals surface area contributed by atoms with E-state index < -0.39 is 11.7 Å². The Balaban J connectivity index is 2.25. The van der Waals surface area contributed by atoms with E-state index in [9.17, 15) is 13.2 Å². The van der Waals surface area contributed by atoms with Gasteiger partial charge in [-0.05, 0) is 31.9 Å². The third-order valence-corrected chi connectivity index (χ3v) is 4.02. The Morgan fingerprint density at radius 3 is 2.68 bits per heavy atom. The van der Waals surface area contributed by atoms with Crippen molar-refractivity contribution in [3.8, 4) is 0 Å². The highest BCUT2D eigenvalue weighted by molar-refractivity contribution is 5.87. The molecular weight excluding hydrogens is 253 g/mol. The van der Waals surface area contributed by atoms with Crippen molar-refractivity contribution in [2.75, 3.05) is 6.54 Å². The number of aryl methyl sites for hydroxylation is 1. The lowest BCUT2D eigenvalue weighted by Gasteiger charge is -2.32. The van der Waals surface area contributed by atoms with Crippen molar-refractivity contribution >= 4 is 10.9 Å². The molecule has 3 rings (SSSR count). The predicted molar refractivity (Wildman–Crippen MR) is 68.0 cm³/mol. The van der Waals surface area contributed by atoms with Crippen LogP contribution in [-0.2, 0) is 5.54 Å². The van der Waals surface area contributed by atoms with E-state index in [1.165, 1.54) is 6.20 Å². The lowest BCUT2D eigenvalue weighted by Crippen LogP contribution is -2.49. The number of hydrogen-bond donors (Lipinski definition) is 2. The van der Waals surface area contributed by atoms with Crippen LogP contribution in [0.15, 0.2) is 24.4 Å². The summed E-state index contributed by atoms with van der Waals surface area (Å²) in [5, 5.41) is 3.34. The van der Waals surface area contributed by atoms with Crippen LogP contribution in [0.3, 0.4) is 0 Å². The SMILES string of the molecule is Cc1cccc2c(C3(C(F)(F)F)CCCN3)c[nH]c12. The molecule has 1 aliphatic rings. The van der Waals surface area contributed by atoms with E-state index in [4.69, 9.17) is 0 Å². The molecule has 1 atom stereocenters. The number of aromatic nitrogens is 1. The Morgan fingerprint density at radius 2 is 2.05 bits per heavy atom. The zero-order chi connectivity index (χ0) is 13.7. The average Bonchev–Trinajstić information content (AvgIpc) is 2.94. The van der Waals surface area contributed by atoms with Crippen molar-refractivity contribution in [3.05, 3.63) is 35.5 Å². The Bertz CT molecular complexity index is 607. The van der Waals surface area contributed by atoms with Crippen LogP contribution in [-0.4, -0.2) is 17.7 Å². The first-order chi connectivity index (χ1) is 8.96. The molecule has 5 heteroatoms. The molecule has 0 bridgehead atoms. The van der Waals surface area contributed by atoms with Crippen LogP contribution in [0.25, 0.3) is 10.9 Å². The molecule has 2 aromatic rings. The van der Waals surface area contributed by atoms with Crippen LogP contribution in [0.4, 0.5) is 13.2 Å². The van der Waals surface area contributed by atoms with Crippen LogP contribution in [0, 0.1) is 6.92 Å². The van der Waals surface area contributed by atoms with E-state index in [2.05, 4.69) is 10.3 Å². The number of para-hydroxylation sites is 1. The summed E-state index contributed by atoms with van der Waals surface area (Å²) in [6.45, 7) is 2.29. The largest absolute Gasteiger partial charge is 0.410 e. The molecule has 1 saturated heterocycles. The topological polar surface area (TPSA) is 27.8 Å². The van der Waals surface area contributed by atoms with E-state index in [0.29, 0.717) is 23.9 Å². The van der Waals surface area contributed by atoms with E-state index >= 15 is 0 Å². The van der Waals surface area contributed by atoms with Gasteiger partial charge in [-0.15, -0.1) is 0 Å². The standard InChI is InChI=1S/C14H15F3N2/c1-9-4-2-5-10-11(8-18-12(9)10)13(14(15,16)17)6-3-7-19-13/h2,4-5,8,18-19H,3,6-7H2,1H3. The Labute approximate surface area is 109 Å². The highest BCUT2D eigenvalue weighted by Gasteiger charge is 2.58. The maximum atomic E-state index is 13.5. The zero-order valence-electron chi connectivity index (χ0n) is 10.6. The van der Waals surface area contributed by atoms with Gasteiger partial charge in [-0.25, -0.2) is 0 Å². The van der Waals surface area contributed by atoms with Gasteiger partial charge in [0.2, 0.25) is 0 Å². The number of H-pyrrole nitrogens is 1. The van der Waals surface area contributed by atoms with Crippen molar-refractivity contribution in [2.24, 2.45) is 0 Å². The van der Waals surface area contributed by atoms with Gasteiger partial charge in [0.25, 0.3) is 0 Å². The fourth-order valence-corrected chi connectivity index (χ4v) is 3.03. The summed E-state index contributed by atoms with van der Waals surface area (Å²) in [5.41, 5.74) is 0.157. The van der Waals surface area contributed by atoms with Gasteiger partial charge in [0.15, 0.2) is 0 Å². The third kappa shape index (κ3) is 1.68. The lowest BCUT2D eigenvalue weighted by atomic mass is 9.87. The van der Waals surface area contributed by atoms with E-state index in [1.807, 2.05) is 13.0 Å². The minimum atomic E-state index is -4.29.